The lowest BCUT2D eigenvalue weighted by Gasteiger charge is -2.20. The fraction of sp³-hybridized carbons (Fsp3) is 0.400. The number of rotatable bonds is 4. The molecule has 0 aliphatic rings. The lowest BCUT2D eigenvalue weighted by Crippen LogP contribution is -2.03. The fourth-order valence-corrected chi connectivity index (χ4v) is 2.94. The Balaban J connectivity index is 2.44. The molecule has 0 fully saturated rings. The van der Waals surface area contributed by atoms with Gasteiger partial charge < -0.3 is 0 Å². The standard InChI is InChI=1S/C20H25Cl/c1-13(2)17-10-11-18(19(12-17)14(3)4)20(21)16-8-6-15(5)7-9-16/h6-14,20H,1-5H3. The highest BCUT2D eigenvalue weighted by Gasteiger charge is 2.17. The van der Waals surface area contributed by atoms with Gasteiger partial charge in [-0.15, -0.1) is 11.6 Å². The number of benzene rings is 2. The van der Waals surface area contributed by atoms with Crippen molar-refractivity contribution in [2.75, 3.05) is 0 Å². The number of aryl methyl sites for hydroxylation is 1. The van der Waals surface area contributed by atoms with Crippen LogP contribution in [0.2, 0.25) is 0 Å². The van der Waals surface area contributed by atoms with Crippen molar-refractivity contribution in [3.63, 3.8) is 0 Å². The number of alkyl halides is 1. The van der Waals surface area contributed by atoms with Gasteiger partial charge in [-0.1, -0.05) is 75.7 Å². The van der Waals surface area contributed by atoms with Crippen LogP contribution in [0.5, 0.6) is 0 Å². The number of hydrogen-bond donors (Lipinski definition) is 0. The highest BCUT2D eigenvalue weighted by Crippen LogP contribution is 2.35. The fourth-order valence-electron chi connectivity index (χ4n) is 2.60. The molecule has 0 bridgehead atoms. The number of halogens is 1. The van der Waals surface area contributed by atoms with Gasteiger partial charge in [0.1, 0.15) is 0 Å². The molecule has 0 nitrogen and oxygen atoms in total. The molecule has 21 heavy (non-hydrogen) atoms. The van der Waals surface area contributed by atoms with Crippen LogP contribution in [0.1, 0.15) is 72.7 Å². The molecule has 112 valence electrons. The maximum Gasteiger partial charge on any atom is 0.0838 e. The minimum atomic E-state index is -0.0794. The third kappa shape index (κ3) is 3.68. The van der Waals surface area contributed by atoms with Gasteiger partial charge in [-0.05, 0) is 41.0 Å². The lowest BCUT2D eigenvalue weighted by molar-refractivity contribution is 0.818. The van der Waals surface area contributed by atoms with Crippen molar-refractivity contribution in [3.05, 3.63) is 70.3 Å². The van der Waals surface area contributed by atoms with Gasteiger partial charge in [-0.3, -0.25) is 0 Å². The minimum Gasteiger partial charge on any atom is -0.113 e. The Morgan fingerprint density at radius 2 is 1.29 bits per heavy atom. The molecule has 0 aliphatic heterocycles. The van der Waals surface area contributed by atoms with E-state index >= 15 is 0 Å². The van der Waals surface area contributed by atoms with Crippen molar-refractivity contribution >= 4 is 11.6 Å². The van der Waals surface area contributed by atoms with Crippen LogP contribution in [-0.2, 0) is 0 Å². The summed E-state index contributed by atoms with van der Waals surface area (Å²) >= 11 is 6.77. The van der Waals surface area contributed by atoms with Crippen molar-refractivity contribution in [2.24, 2.45) is 0 Å². The van der Waals surface area contributed by atoms with Crippen LogP contribution in [0, 0.1) is 6.92 Å². The van der Waals surface area contributed by atoms with E-state index in [1.165, 1.54) is 27.8 Å². The quantitative estimate of drug-likeness (QED) is 0.560. The molecule has 2 rings (SSSR count). The summed E-state index contributed by atoms with van der Waals surface area (Å²) in [4.78, 5) is 0. The van der Waals surface area contributed by atoms with E-state index in [4.69, 9.17) is 11.6 Å². The second kappa shape index (κ2) is 6.66. The van der Waals surface area contributed by atoms with Gasteiger partial charge in [0.15, 0.2) is 0 Å². The molecule has 2 aromatic carbocycles. The van der Waals surface area contributed by atoms with E-state index in [2.05, 4.69) is 77.1 Å². The van der Waals surface area contributed by atoms with E-state index in [1.807, 2.05) is 0 Å². The summed E-state index contributed by atoms with van der Waals surface area (Å²) in [5, 5.41) is -0.0794. The molecule has 0 heterocycles. The van der Waals surface area contributed by atoms with E-state index in [9.17, 15) is 0 Å². The molecule has 0 saturated carbocycles. The topological polar surface area (TPSA) is 0 Å². The van der Waals surface area contributed by atoms with Crippen LogP contribution >= 0.6 is 11.6 Å². The van der Waals surface area contributed by atoms with Crippen molar-refractivity contribution in [2.45, 2.75) is 51.8 Å². The molecule has 2 aromatic rings. The molecule has 0 saturated heterocycles. The van der Waals surface area contributed by atoms with E-state index in [0.29, 0.717) is 11.8 Å². The molecule has 0 N–H and O–H groups in total. The smallest absolute Gasteiger partial charge is 0.0838 e. The van der Waals surface area contributed by atoms with E-state index < -0.39 is 0 Å². The Bertz CT molecular complexity index is 594. The Labute approximate surface area is 134 Å². The van der Waals surface area contributed by atoms with Gasteiger partial charge in [-0.2, -0.15) is 0 Å². The highest BCUT2D eigenvalue weighted by molar-refractivity contribution is 6.22. The first kappa shape index (κ1) is 16.1. The minimum absolute atomic E-state index is 0.0794. The predicted molar refractivity (Wildman–Crippen MR) is 93.5 cm³/mol. The average molecular weight is 301 g/mol. The van der Waals surface area contributed by atoms with Gasteiger partial charge in [0, 0.05) is 0 Å². The van der Waals surface area contributed by atoms with Crippen molar-refractivity contribution in [1.29, 1.82) is 0 Å². The summed E-state index contributed by atoms with van der Waals surface area (Å²) in [7, 11) is 0. The second-order valence-corrected chi connectivity index (χ2v) is 6.91. The predicted octanol–water partition coefficient (Wildman–Crippen LogP) is 6.57. The molecule has 1 heteroatoms. The summed E-state index contributed by atoms with van der Waals surface area (Å²) in [6, 6.07) is 15.3. The van der Waals surface area contributed by atoms with Crippen molar-refractivity contribution < 1.29 is 0 Å². The summed E-state index contributed by atoms with van der Waals surface area (Å²) in [6.45, 7) is 11.0. The van der Waals surface area contributed by atoms with Gasteiger partial charge in [-0.25, -0.2) is 0 Å². The molecule has 0 amide bonds. The van der Waals surface area contributed by atoms with Gasteiger partial charge >= 0.3 is 0 Å². The first-order valence-electron chi connectivity index (χ1n) is 7.74. The van der Waals surface area contributed by atoms with Crippen LogP contribution in [0.15, 0.2) is 42.5 Å². The zero-order valence-electron chi connectivity index (χ0n) is 13.7. The van der Waals surface area contributed by atoms with Crippen LogP contribution in [0.3, 0.4) is 0 Å². The molecule has 0 aliphatic carbocycles. The maximum absolute atomic E-state index is 6.77. The van der Waals surface area contributed by atoms with Crippen molar-refractivity contribution in [1.82, 2.24) is 0 Å². The third-order valence-electron chi connectivity index (χ3n) is 4.04. The molecule has 0 spiro atoms. The summed E-state index contributed by atoms with van der Waals surface area (Å²) in [6.07, 6.45) is 0. The monoisotopic (exact) mass is 300 g/mol. The van der Waals surface area contributed by atoms with Crippen LogP contribution < -0.4 is 0 Å². The first-order valence-corrected chi connectivity index (χ1v) is 8.18. The molecule has 1 atom stereocenters. The van der Waals surface area contributed by atoms with E-state index in [0.717, 1.165) is 0 Å². The van der Waals surface area contributed by atoms with E-state index in [1.54, 1.807) is 0 Å². The summed E-state index contributed by atoms with van der Waals surface area (Å²) in [5.74, 6) is 1.02. The van der Waals surface area contributed by atoms with Crippen molar-refractivity contribution in [3.8, 4) is 0 Å². The maximum atomic E-state index is 6.77. The molecule has 1 unspecified atom stereocenters. The van der Waals surface area contributed by atoms with Gasteiger partial charge in [0.25, 0.3) is 0 Å². The lowest BCUT2D eigenvalue weighted by atomic mass is 9.88. The van der Waals surface area contributed by atoms with Gasteiger partial charge in [0.05, 0.1) is 5.38 Å². The van der Waals surface area contributed by atoms with Crippen LogP contribution in [0.25, 0.3) is 0 Å². The van der Waals surface area contributed by atoms with Gasteiger partial charge in [0.2, 0.25) is 0 Å². The average Bonchev–Trinajstić information content (AvgIpc) is 2.46. The normalized spacial score (nSPS) is 13.0. The highest BCUT2D eigenvalue weighted by atomic mass is 35.5. The first-order chi connectivity index (χ1) is 9.90. The summed E-state index contributed by atoms with van der Waals surface area (Å²) in [5.41, 5.74) is 6.42. The molecule has 0 aromatic heterocycles. The largest absolute Gasteiger partial charge is 0.113 e. The SMILES string of the molecule is Cc1ccc(C(Cl)c2ccc(C(C)C)cc2C(C)C)cc1. The number of hydrogen-bond acceptors (Lipinski definition) is 0. The zero-order valence-corrected chi connectivity index (χ0v) is 14.4. The summed E-state index contributed by atoms with van der Waals surface area (Å²) < 4.78 is 0. The van der Waals surface area contributed by atoms with Crippen LogP contribution in [0.4, 0.5) is 0 Å². The Morgan fingerprint density at radius 3 is 1.81 bits per heavy atom. The third-order valence-corrected chi connectivity index (χ3v) is 4.53. The Morgan fingerprint density at radius 1 is 0.714 bits per heavy atom. The Kier molecular flexibility index (Phi) is 5.11. The molecule has 0 radical (unpaired) electrons. The Hall–Kier alpha value is -1.27. The van der Waals surface area contributed by atoms with E-state index in [-0.39, 0.29) is 5.38 Å². The van der Waals surface area contributed by atoms with Crippen LogP contribution in [-0.4, -0.2) is 0 Å². The molecular weight excluding hydrogens is 276 g/mol. The zero-order chi connectivity index (χ0) is 15.6. The second-order valence-electron chi connectivity index (χ2n) is 6.47. The molecular formula is C20H25Cl.